The van der Waals surface area contributed by atoms with Crippen LogP contribution >= 0.6 is 11.3 Å². The summed E-state index contributed by atoms with van der Waals surface area (Å²) in [4.78, 5) is 22.9. The molecule has 2 saturated heterocycles. The molecule has 2 aliphatic heterocycles. The zero-order valence-electron chi connectivity index (χ0n) is 15.3. The Hall–Kier alpha value is -2.04. The maximum Gasteiger partial charge on any atom is 0.271 e. The maximum atomic E-state index is 12.5. The first kappa shape index (κ1) is 18.3. The quantitative estimate of drug-likeness (QED) is 0.798. The van der Waals surface area contributed by atoms with Crippen LogP contribution in [0.5, 0.6) is 0 Å². The van der Waals surface area contributed by atoms with Crippen LogP contribution in [0.3, 0.4) is 0 Å². The monoisotopic (exact) mass is 393 g/mol. The summed E-state index contributed by atoms with van der Waals surface area (Å²) in [5.74, 6) is 0.868. The normalized spacial score (nSPS) is 27.7. The number of piperidine rings is 1. The Bertz CT molecular complexity index is 802. The Kier molecular flexibility index (Phi) is 4.65. The molecule has 0 saturated carbocycles. The zero-order chi connectivity index (χ0) is 19.1. The lowest BCUT2D eigenvalue weighted by molar-refractivity contribution is -0.167. The van der Waals surface area contributed by atoms with Crippen LogP contribution in [0.2, 0.25) is 0 Å². The topological polar surface area (TPSA) is 114 Å². The van der Waals surface area contributed by atoms with E-state index in [9.17, 15) is 9.90 Å². The number of aryl methyl sites for hydroxylation is 1. The average molecular weight is 393 g/mol. The fourth-order valence-corrected chi connectivity index (χ4v) is 4.44. The third-order valence-electron chi connectivity index (χ3n) is 5.51. The standard InChI is InChI=1S/C17H23N5O4S/c1-11-19-15(21-26-11)22-5-3-17(4-6-22)9-16(2,13(23)7-25-17)20-14(24)12-8-27-10-18-12/h8,10,13,23H,3-7,9H2,1-2H3,(H,20,24)/t13-,16-/m1/s1. The zero-order valence-corrected chi connectivity index (χ0v) is 16.2. The molecule has 2 aliphatic rings. The van der Waals surface area contributed by atoms with E-state index in [4.69, 9.17) is 9.26 Å². The first-order valence-corrected chi connectivity index (χ1v) is 9.91. The van der Waals surface area contributed by atoms with Crippen LogP contribution in [0, 0.1) is 6.92 Å². The van der Waals surface area contributed by atoms with Crippen molar-refractivity contribution in [3.63, 3.8) is 0 Å². The van der Waals surface area contributed by atoms with Crippen LogP contribution in [-0.4, -0.2) is 63.1 Å². The predicted octanol–water partition coefficient (Wildman–Crippen LogP) is 1.14. The smallest absolute Gasteiger partial charge is 0.271 e. The first-order valence-electron chi connectivity index (χ1n) is 8.97. The molecule has 2 aromatic rings. The van der Waals surface area contributed by atoms with E-state index in [0.29, 0.717) is 24.0 Å². The van der Waals surface area contributed by atoms with Gasteiger partial charge < -0.3 is 24.6 Å². The number of nitrogens with zero attached hydrogens (tertiary/aromatic N) is 4. The van der Waals surface area contributed by atoms with Crippen molar-refractivity contribution < 1.29 is 19.2 Å². The highest BCUT2D eigenvalue weighted by molar-refractivity contribution is 7.07. The van der Waals surface area contributed by atoms with Gasteiger partial charge in [0.25, 0.3) is 11.9 Å². The number of hydrogen-bond donors (Lipinski definition) is 2. The molecule has 2 fully saturated rings. The number of ether oxygens (including phenoxy) is 1. The van der Waals surface area contributed by atoms with Gasteiger partial charge in [-0.15, -0.1) is 11.3 Å². The minimum Gasteiger partial charge on any atom is -0.388 e. The van der Waals surface area contributed by atoms with E-state index in [0.717, 1.165) is 25.9 Å². The Morgan fingerprint density at radius 2 is 2.22 bits per heavy atom. The summed E-state index contributed by atoms with van der Waals surface area (Å²) >= 11 is 1.37. The van der Waals surface area contributed by atoms with Crippen molar-refractivity contribution in [2.75, 3.05) is 24.6 Å². The number of carbonyl (C=O) groups excluding carboxylic acids is 1. The van der Waals surface area contributed by atoms with Gasteiger partial charge in [-0.2, -0.15) is 4.98 Å². The van der Waals surface area contributed by atoms with Crippen molar-refractivity contribution in [3.05, 3.63) is 22.5 Å². The number of carbonyl (C=O) groups is 1. The molecule has 0 aromatic carbocycles. The molecule has 1 amide bonds. The van der Waals surface area contributed by atoms with Gasteiger partial charge in [-0.25, -0.2) is 4.98 Å². The molecular weight excluding hydrogens is 370 g/mol. The molecule has 1 spiro atoms. The number of amides is 1. The van der Waals surface area contributed by atoms with Crippen LogP contribution in [0.4, 0.5) is 5.95 Å². The van der Waals surface area contributed by atoms with Gasteiger partial charge in [0.05, 0.1) is 23.3 Å². The SMILES string of the molecule is Cc1nc(N2CCC3(CC2)C[C@@](C)(NC(=O)c2cscn2)[C@H](O)CO3)no1. The van der Waals surface area contributed by atoms with E-state index in [1.54, 1.807) is 17.8 Å². The average Bonchev–Trinajstić information content (AvgIpc) is 3.31. The third kappa shape index (κ3) is 3.56. The maximum absolute atomic E-state index is 12.5. The number of rotatable bonds is 3. The Labute approximate surface area is 160 Å². The summed E-state index contributed by atoms with van der Waals surface area (Å²) < 4.78 is 11.1. The summed E-state index contributed by atoms with van der Waals surface area (Å²) in [6.45, 7) is 5.29. The highest BCUT2D eigenvalue weighted by atomic mass is 32.1. The molecule has 2 aromatic heterocycles. The third-order valence-corrected chi connectivity index (χ3v) is 6.10. The van der Waals surface area contributed by atoms with Crippen LogP contribution in [0.15, 0.2) is 15.4 Å². The molecule has 9 nitrogen and oxygen atoms in total. The summed E-state index contributed by atoms with van der Waals surface area (Å²) in [5.41, 5.74) is 0.827. The van der Waals surface area contributed by atoms with Crippen LogP contribution < -0.4 is 10.2 Å². The van der Waals surface area contributed by atoms with Crippen LogP contribution in [0.1, 0.15) is 42.6 Å². The molecule has 0 radical (unpaired) electrons. The molecule has 27 heavy (non-hydrogen) atoms. The fraction of sp³-hybridized carbons (Fsp3) is 0.647. The number of aliphatic hydroxyl groups excluding tert-OH is 1. The highest BCUT2D eigenvalue weighted by Gasteiger charge is 2.50. The van der Waals surface area contributed by atoms with E-state index in [1.807, 2.05) is 6.92 Å². The number of aromatic nitrogens is 3. The summed E-state index contributed by atoms with van der Waals surface area (Å²) in [6.07, 6.45) is 1.28. The fourth-order valence-electron chi connectivity index (χ4n) is 3.91. The Balaban J connectivity index is 1.44. The van der Waals surface area contributed by atoms with E-state index in [2.05, 4.69) is 25.3 Å². The first-order chi connectivity index (χ1) is 12.9. The van der Waals surface area contributed by atoms with E-state index >= 15 is 0 Å². The number of nitrogens with one attached hydrogen (secondary N) is 1. The molecule has 146 valence electrons. The van der Waals surface area contributed by atoms with Crippen molar-refractivity contribution >= 4 is 23.2 Å². The number of aliphatic hydroxyl groups is 1. The second-order valence-electron chi connectivity index (χ2n) is 7.53. The van der Waals surface area contributed by atoms with Crippen LogP contribution in [0.25, 0.3) is 0 Å². The number of thiazole rings is 1. The highest BCUT2D eigenvalue weighted by Crippen LogP contribution is 2.40. The molecule has 10 heteroatoms. The van der Waals surface area contributed by atoms with E-state index < -0.39 is 17.2 Å². The van der Waals surface area contributed by atoms with Gasteiger partial charge in [0.2, 0.25) is 5.89 Å². The summed E-state index contributed by atoms with van der Waals surface area (Å²) in [6, 6.07) is 0. The molecule has 0 bridgehead atoms. The number of anilines is 1. The molecule has 0 unspecified atom stereocenters. The van der Waals surface area contributed by atoms with Crippen LogP contribution in [-0.2, 0) is 4.74 Å². The van der Waals surface area contributed by atoms with E-state index in [1.165, 1.54) is 11.3 Å². The molecule has 0 aliphatic carbocycles. The van der Waals surface area contributed by atoms with Gasteiger partial charge in [-0.05, 0) is 24.9 Å². The second-order valence-corrected chi connectivity index (χ2v) is 8.25. The van der Waals surface area contributed by atoms with Crippen molar-refractivity contribution in [3.8, 4) is 0 Å². The lowest BCUT2D eigenvalue weighted by atomic mass is 9.74. The van der Waals surface area contributed by atoms with Gasteiger partial charge in [0, 0.05) is 31.8 Å². The van der Waals surface area contributed by atoms with Gasteiger partial charge in [-0.1, -0.05) is 0 Å². The minimum absolute atomic E-state index is 0.190. The summed E-state index contributed by atoms with van der Waals surface area (Å²) in [7, 11) is 0. The lowest BCUT2D eigenvalue weighted by Crippen LogP contribution is -2.65. The molecule has 4 heterocycles. The number of hydrogen-bond acceptors (Lipinski definition) is 9. The minimum atomic E-state index is -0.774. The van der Waals surface area contributed by atoms with Crippen molar-refractivity contribution in [1.29, 1.82) is 0 Å². The Morgan fingerprint density at radius 1 is 1.44 bits per heavy atom. The van der Waals surface area contributed by atoms with Crippen molar-refractivity contribution in [2.45, 2.75) is 50.4 Å². The van der Waals surface area contributed by atoms with Gasteiger partial charge in [0.1, 0.15) is 11.8 Å². The van der Waals surface area contributed by atoms with Gasteiger partial charge >= 0.3 is 0 Å². The molecule has 2 atom stereocenters. The molecule has 2 N–H and O–H groups in total. The predicted molar refractivity (Wildman–Crippen MR) is 97.8 cm³/mol. The van der Waals surface area contributed by atoms with Gasteiger partial charge in [0.15, 0.2) is 0 Å². The van der Waals surface area contributed by atoms with Crippen molar-refractivity contribution in [2.24, 2.45) is 0 Å². The van der Waals surface area contributed by atoms with Gasteiger partial charge in [-0.3, -0.25) is 4.79 Å². The van der Waals surface area contributed by atoms with Crippen molar-refractivity contribution in [1.82, 2.24) is 20.4 Å². The second kappa shape index (κ2) is 6.84. The molecule has 4 rings (SSSR count). The largest absolute Gasteiger partial charge is 0.388 e. The summed E-state index contributed by atoms with van der Waals surface area (Å²) in [5, 5.41) is 19.2. The molecular formula is C17H23N5O4S. The Morgan fingerprint density at radius 3 is 2.85 bits per heavy atom. The van der Waals surface area contributed by atoms with E-state index in [-0.39, 0.29) is 12.5 Å². The lowest BCUT2D eigenvalue weighted by Gasteiger charge is -2.51.